The van der Waals surface area contributed by atoms with Gasteiger partial charge in [0.05, 0.1) is 5.02 Å². The van der Waals surface area contributed by atoms with Gasteiger partial charge >= 0.3 is 17.9 Å². The second kappa shape index (κ2) is 8.89. The lowest BCUT2D eigenvalue weighted by molar-refractivity contribution is -0.288. The Morgan fingerprint density at radius 1 is 1.18 bits per heavy atom. The zero-order chi connectivity index (χ0) is 23.8. The molecular weight excluding hydrogens is 458 g/mol. The van der Waals surface area contributed by atoms with Gasteiger partial charge in [0.1, 0.15) is 11.5 Å². The van der Waals surface area contributed by atoms with Crippen LogP contribution in [-0.4, -0.2) is 52.1 Å². The predicted molar refractivity (Wildman–Crippen MR) is 112 cm³/mol. The van der Waals surface area contributed by atoms with Crippen molar-refractivity contribution in [1.82, 2.24) is 5.32 Å². The fourth-order valence-corrected chi connectivity index (χ4v) is 4.06. The Labute approximate surface area is 192 Å². The molecule has 0 amide bonds. The van der Waals surface area contributed by atoms with Gasteiger partial charge in [0.2, 0.25) is 6.23 Å². The second-order valence-electron chi connectivity index (χ2n) is 7.76. The number of hydrogen-bond acceptors (Lipinski definition) is 9. The lowest BCUT2D eigenvalue weighted by Crippen LogP contribution is -2.61. The summed E-state index contributed by atoms with van der Waals surface area (Å²) in [6.07, 6.45) is 0.294. The molecule has 1 heterocycles. The van der Waals surface area contributed by atoms with Crippen LogP contribution in [0.15, 0.2) is 36.4 Å². The molecule has 11 heteroatoms. The van der Waals surface area contributed by atoms with Gasteiger partial charge in [-0.2, -0.15) is 0 Å². The topological polar surface area (TPSA) is 152 Å². The Hall–Kier alpha value is -3.34. The number of rotatable bonds is 6. The monoisotopic (exact) mass is 477 g/mol. The van der Waals surface area contributed by atoms with E-state index in [-0.39, 0.29) is 22.4 Å². The highest BCUT2D eigenvalue weighted by Crippen LogP contribution is 2.36. The highest BCUT2D eigenvalue weighted by Gasteiger charge is 2.52. The van der Waals surface area contributed by atoms with Crippen molar-refractivity contribution < 1.29 is 43.9 Å². The number of fused-ring (bicyclic) bond motifs is 1. The van der Waals surface area contributed by atoms with Crippen LogP contribution in [0.25, 0.3) is 0 Å². The summed E-state index contributed by atoms with van der Waals surface area (Å²) in [6.45, 7) is -0.466. The molecule has 174 valence electrons. The van der Waals surface area contributed by atoms with Crippen molar-refractivity contribution in [2.24, 2.45) is 0 Å². The number of cyclic esters (lactones) is 2. The Morgan fingerprint density at radius 3 is 2.70 bits per heavy atom. The quantitative estimate of drug-likeness (QED) is 0.353. The molecule has 1 aliphatic heterocycles. The summed E-state index contributed by atoms with van der Waals surface area (Å²) in [5.41, 5.74) is 1.96. The highest BCUT2D eigenvalue weighted by molar-refractivity contribution is 6.32. The number of carbonyl (C=O) groups excluding carboxylic acids is 2. The van der Waals surface area contributed by atoms with Crippen LogP contribution in [0.3, 0.4) is 0 Å². The highest BCUT2D eigenvalue weighted by atomic mass is 35.5. The molecule has 33 heavy (non-hydrogen) atoms. The summed E-state index contributed by atoms with van der Waals surface area (Å²) in [5.74, 6) is -5.93. The largest absolute Gasteiger partial charge is 0.506 e. The van der Waals surface area contributed by atoms with Crippen molar-refractivity contribution in [3.63, 3.8) is 0 Å². The number of phenolic OH excluding ortho intramolecular Hbond substituents is 1. The molecule has 0 radical (unpaired) electrons. The van der Waals surface area contributed by atoms with Gasteiger partial charge < -0.3 is 29.5 Å². The van der Waals surface area contributed by atoms with Crippen molar-refractivity contribution in [2.45, 2.75) is 37.3 Å². The number of ether oxygens (including phenoxy) is 3. The van der Waals surface area contributed by atoms with Crippen LogP contribution >= 0.6 is 11.6 Å². The Balaban J connectivity index is 1.55. The third-order valence-electron chi connectivity index (χ3n) is 5.51. The van der Waals surface area contributed by atoms with Crippen molar-refractivity contribution in [2.75, 3.05) is 6.61 Å². The molecule has 1 aliphatic carbocycles. The molecule has 2 aromatic rings. The third kappa shape index (κ3) is 4.72. The number of esters is 2. The minimum absolute atomic E-state index is 0.00390. The lowest BCUT2D eigenvalue weighted by Gasteiger charge is -2.40. The molecular formula is C22H20ClNO9. The van der Waals surface area contributed by atoms with Crippen molar-refractivity contribution in [3.8, 4) is 11.5 Å². The van der Waals surface area contributed by atoms with Crippen molar-refractivity contribution >= 4 is 29.5 Å². The molecule has 3 atom stereocenters. The minimum atomic E-state index is -2.38. The molecule has 4 rings (SSSR count). The van der Waals surface area contributed by atoms with Crippen LogP contribution in [-0.2, 0) is 42.5 Å². The first-order valence-electron chi connectivity index (χ1n) is 10.0. The number of carboxylic acids is 1. The standard InChI is InChI=1S/C22H20ClNO9/c23-16-9-13(3-6-17(16)25)22(30)21(32-19(28)20(29)33-22)24-14-4-1-11-2-5-15(8-12(11)7-14)31-10-18(26)27/h2-3,5-6,8-9,14,21,24-25,30H,1,4,7,10H2,(H,26,27)/t14-,21?,22?/m0/s1. The number of carboxylic acid groups (broad SMARTS) is 1. The Bertz CT molecular complexity index is 1120. The molecule has 0 saturated carbocycles. The summed E-state index contributed by atoms with van der Waals surface area (Å²) < 4.78 is 15.4. The zero-order valence-corrected chi connectivity index (χ0v) is 17.9. The minimum Gasteiger partial charge on any atom is -0.506 e. The molecule has 0 spiro atoms. The number of nitrogens with one attached hydrogen (secondary N) is 1. The molecule has 0 aromatic heterocycles. The molecule has 1 fully saturated rings. The van der Waals surface area contributed by atoms with Gasteiger partial charge in [-0.25, -0.2) is 14.4 Å². The van der Waals surface area contributed by atoms with Gasteiger partial charge in [-0.15, -0.1) is 0 Å². The average molecular weight is 478 g/mol. The van der Waals surface area contributed by atoms with Gasteiger partial charge in [-0.05, 0) is 60.7 Å². The number of benzene rings is 2. The number of carbonyl (C=O) groups is 3. The number of hydrogen-bond donors (Lipinski definition) is 4. The number of aromatic hydroxyl groups is 1. The van der Waals surface area contributed by atoms with E-state index >= 15 is 0 Å². The molecule has 4 N–H and O–H groups in total. The number of aliphatic carboxylic acids is 1. The molecule has 0 bridgehead atoms. The van der Waals surface area contributed by atoms with Crippen LogP contribution in [0.1, 0.15) is 23.1 Å². The Kier molecular flexibility index (Phi) is 6.15. The first-order valence-corrected chi connectivity index (χ1v) is 10.4. The third-order valence-corrected chi connectivity index (χ3v) is 5.81. The molecule has 1 saturated heterocycles. The smallest absolute Gasteiger partial charge is 0.420 e. The van der Waals surface area contributed by atoms with E-state index in [1.165, 1.54) is 18.2 Å². The summed E-state index contributed by atoms with van der Waals surface area (Å²) in [7, 11) is 0. The summed E-state index contributed by atoms with van der Waals surface area (Å²) in [4.78, 5) is 34.5. The SMILES string of the molecule is O=C(O)COc1ccc2c(c1)C[C@@H](NC1OC(=O)C(=O)OC1(O)c1ccc(O)c(Cl)c1)CC2. The van der Waals surface area contributed by atoms with E-state index in [2.05, 4.69) is 5.32 Å². The van der Waals surface area contributed by atoms with Crippen LogP contribution in [0.2, 0.25) is 5.02 Å². The van der Waals surface area contributed by atoms with Gasteiger partial charge in [-0.1, -0.05) is 17.7 Å². The van der Waals surface area contributed by atoms with E-state index in [0.717, 1.165) is 11.1 Å². The van der Waals surface area contributed by atoms with Crippen molar-refractivity contribution in [1.29, 1.82) is 0 Å². The first-order chi connectivity index (χ1) is 15.7. The van der Waals surface area contributed by atoms with Crippen molar-refractivity contribution in [3.05, 3.63) is 58.1 Å². The van der Waals surface area contributed by atoms with E-state index in [0.29, 0.717) is 25.0 Å². The van der Waals surface area contributed by atoms with E-state index in [9.17, 15) is 24.6 Å². The van der Waals surface area contributed by atoms with Gasteiger partial charge in [0, 0.05) is 11.6 Å². The first kappa shape index (κ1) is 22.8. The van der Waals surface area contributed by atoms with Gasteiger partial charge in [-0.3, -0.25) is 5.32 Å². The van der Waals surface area contributed by atoms with Crippen LogP contribution < -0.4 is 10.1 Å². The van der Waals surface area contributed by atoms with Crippen LogP contribution in [0.4, 0.5) is 0 Å². The fraction of sp³-hybridized carbons (Fsp3) is 0.318. The lowest BCUT2D eigenvalue weighted by atomic mass is 9.87. The number of aliphatic hydroxyl groups is 1. The maximum absolute atomic E-state index is 11.9. The maximum Gasteiger partial charge on any atom is 0.420 e. The molecule has 2 aromatic carbocycles. The van der Waals surface area contributed by atoms with E-state index in [1.807, 2.05) is 6.07 Å². The second-order valence-corrected chi connectivity index (χ2v) is 8.16. The summed E-state index contributed by atoms with van der Waals surface area (Å²) in [5, 5.41) is 32.6. The zero-order valence-electron chi connectivity index (χ0n) is 17.1. The number of halogens is 1. The Morgan fingerprint density at radius 2 is 1.97 bits per heavy atom. The maximum atomic E-state index is 11.9. The molecule has 10 nitrogen and oxygen atoms in total. The van der Waals surface area contributed by atoms with Crippen LogP contribution in [0, 0.1) is 0 Å². The number of phenols is 1. The van der Waals surface area contributed by atoms with E-state index in [1.54, 1.807) is 12.1 Å². The molecule has 2 aliphatic rings. The predicted octanol–water partition coefficient (Wildman–Crippen LogP) is 1.23. The average Bonchev–Trinajstić information content (AvgIpc) is 2.77. The normalized spacial score (nSPS) is 24.4. The van der Waals surface area contributed by atoms with Gasteiger partial charge in [0.25, 0.3) is 5.79 Å². The van der Waals surface area contributed by atoms with E-state index in [4.69, 9.17) is 30.9 Å². The summed E-state index contributed by atoms with van der Waals surface area (Å²) in [6, 6.07) is 8.73. The summed E-state index contributed by atoms with van der Waals surface area (Å²) >= 11 is 5.94. The van der Waals surface area contributed by atoms with E-state index < -0.39 is 36.5 Å². The number of aryl methyl sites for hydroxylation is 1. The fourth-order valence-electron chi connectivity index (χ4n) is 3.88. The molecule has 2 unspecified atom stereocenters. The van der Waals surface area contributed by atoms with Gasteiger partial charge in [0.15, 0.2) is 6.61 Å². The van der Waals surface area contributed by atoms with Crippen LogP contribution in [0.5, 0.6) is 11.5 Å².